The number of rotatable bonds is 5. The van der Waals surface area contributed by atoms with Crippen molar-refractivity contribution in [2.75, 3.05) is 19.0 Å². The van der Waals surface area contributed by atoms with Crippen molar-refractivity contribution in [1.82, 2.24) is 5.32 Å². The van der Waals surface area contributed by atoms with Gasteiger partial charge in [-0.05, 0) is 25.1 Å². The number of alkyl halides is 3. The van der Waals surface area contributed by atoms with E-state index in [1.54, 1.807) is 17.4 Å². The molecule has 0 aromatic heterocycles. The van der Waals surface area contributed by atoms with Gasteiger partial charge in [0.2, 0.25) is 5.91 Å². The maximum atomic E-state index is 12.0. The number of methoxy groups -OCH3 is 1. The van der Waals surface area contributed by atoms with Gasteiger partial charge in [-0.2, -0.15) is 13.2 Å². The number of benzene rings is 1. The molecule has 0 bridgehead atoms. The van der Waals surface area contributed by atoms with Crippen LogP contribution >= 0.6 is 11.6 Å². The minimum Gasteiger partial charge on any atom is -0.495 e. The Morgan fingerprint density at radius 1 is 1.45 bits per heavy atom. The Kier molecular flexibility index (Phi) is 5.50. The molecule has 0 heterocycles. The molecule has 0 saturated heterocycles. The standard InChI is InChI=1S/C12H14ClF3N2O2/c1-7(11(19)17-6-12(14,15)16)18-9-5-8(13)3-4-10(9)20-2/h3-5,7,18H,6H2,1-2H3,(H,17,19). The van der Waals surface area contributed by atoms with Gasteiger partial charge in [-0.1, -0.05) is 11.6 Å². The first-order valence-electron chi connectivity index (χ1n) is 5.67. The van der Waals surface area contributed by atoms with E-state index in [0.29, 0.717) is 16.5 Å². The predicted octanol–water partition coefficient (Wildman–Crippen LogP) is 2.83. The van der Waals surface area contributed by atoms with Crippen LogP contribution < -0.4 is 15.4 Å². The third-order valence-corrected chi connectivity index (χ3v) is 2.62. The fourth-order valence-corrected chi connectivity index (χ4v) is 1.60. The van der Waals surface area contributed by atoms with Crippen LogP contribution in [0.25, 0.3) is 0 Å². The molecule has 1 amide bonds. The molecule has 0 spiro atoms. The Hall–Kier alpha value is -1.63. The van der Waals surface area contributed by atoms with Crippen LogP contribution in [0.15, 0.2) is 18.2 Å². The van der Waals surface area contributed by atoms with Crippen molar-refractivity contribution in [2.24, 2.45) is 0 Å². The first-order valence-corrected chi connectivity index (χ1v) is 6.05. The van der Waals surface area contributed by atoms with Crippen LogP contribution in [0.2, 0.25) is 5.02 Å². The number of hydrogen-bond acceptors (Lipinski definition) is 3. The first kappa shape index (κ1) is 16.4. The van der Waals surface area contributed by atoms with Gasteiger partial charge < -0.3 is 15.4 Å². The maximum Gasteiger partial charge on any atom is 0.405 e. The zero-order valence-electron chi connectivity index (χ0n) is 10.8. The number of ether oxygens (including phenoxy) is 1. The molecule has 0 saturated carbocycles. The van der Waals surface area contributed by atoms with Crippen LogP contribution in [-0.4, -0.2) is 31.8 Å². The quantitative estimate of drug-likeness (QED) is 0.879. The normalized spacial score (nSPS) is 12.7. The van der Waals surface area contributed by atoms with Crippen LogP contribution in [0.1, 0.15) is 6.92 Å². The number of carbonyl (C=O) groups excluding carboxylic acids is 1. The van der Waals surface area contributed by atoms with E-state index in [9.17, 15) is 18.0 Å². The van der Waals surface area contributed by atoms with Gasteiger partial charge in [0.25, 0.3) is 0 Å². The topological polar surface area (TPSA) is 50.4 Å². The summed E-state index contributed by atoms with van der Waals surface area (Å²) in [6.45, 7) is 0.0661. The molecule has 0 radical (unpaired) electrons. The summed E-state index contributed by atoms with van der Waals surface area (Å²) in [5, 5.41) is 4.96. The summed E-state index contributed by atoms with van der Waals surface area (Å²) in [6.07, 6.45) is -4.44. The molecule has 8 heteroatoms. The van der Waals surface area contributed by atoms with Crippen molar-refractivity contribution >= 4 is 23.2 Å². The number of hydrogen-bond donors (Lipinski definition) is 2. The molecule has 1 aromatic rings. The molecule has 0 aliphatic rings. The third-order valence-electron chi connectivity index (χ3n) is 2.39. The lowest BCUT2D eigenvalue weighted by molar-refractivity contribution is -0.138. The minimum atomic E-state index is -4.44. The van der Waals surface area contributed by atoms with Crippen molar-refractivity contribution in [2.45, 2.75) is 19.1 Å². The van der Waals surface area contributed by atoms with Gasteiger partial charge in [0.1, 0.15) is 18.3 Å². The summed E-state index contributed by atoms with van der Waals surface area (Å²) < 4.78 is 41.1. The summed E-state index contributed by atoms with van der Waals surface area (Å²) in [6, 6.07) is 3.84. The van der Waals surface area contributed by atoms with E-state index < -0.39 is 24.7 Å². The molecule has 2 N–H and O–H groups in total. The fourth-order valence-electron chi connectivity index (χ4n) is 1.43. The van der Waals surface area contributed by atoms with E-state index in [0.717, 1.165) is 0 Å². The highest BCUT2D eigenvalue weighted by molar-refractivity contribution is 6.30. The molecule has 4 nitrogen and oxygen atoms in total. The van der Waals surface area contributed by atoms with Crippen LogP contribution in [0, 0.1) is 0 Å². The van der Waals surface area contributed by atoms with Gasteiger partial charge in [0, 0.05) is 5.02 Å². The maximum absolute atomic E-state index is 12.0. The molecule has 1 unspecified atom stereocenters. The second kappa shape index (κ2) is 6.69. The van der Waals surface area contributed by atoms with Gasteiger partial charge in [0.05, 0.1) is 12.8 Å². The minimum absolute atomic E-state index is 0.413. The van der Waals surface area contributed by atoms with Gasteiger partial charge >= 0.3 is 6.18 Å². The number of carbonyl (C=O) groups is 1. The van der Waals surface area contributed by atoms with Gasteiger partial charge in [-0.15, -0.1) is 0 Å². The van der Waals surface area contributed by atoms with E-state index >= 15 is 0 Å². The van der Waals surface area contributed by atoms with Crippen LogP contribution in [-0.2, 0) is 4.79 Å². The zero-order valence-corrected chi connectivity index (χ0v) is 11.6. The SMILES string of the molecule is COc1ccc(Cl)cc1NC(C)C(=O)NCC(F)(F)F. The van der Waals surface area contributed by atoms with Crippen molar-refractivity contribution < 1.29 is 22.7 Å². The van der Waals surface area contributed by atoms with E-state index in [1.165, 1.54) is 20.1 Å². The molecule has 1 aromatic carbocycles. The average Bonchev–Trinajstić information content (AvgIpc) is 2.35. The molecular weight excluding hydrogens is 297 g/mol. The van der Waals surface area contributed by atoms with Gasteiger partial charge in [0.15, 0.2) is 0 Å². The lowest BCUT2D eigenvalue weighted by Gasteiger charge is -2.18. The molecule has 0 fully saturated rings. The third kappa shape index (κ3) is 5.16. The van der Waals surface area contributed by atoms with E-state index in [-0.39, 0.29) is 0 Å². The summed E-state index contributed by atoms with van der Waals surface area (Å²) in [4.78, 5) is 11.5. The van der Waals surface area contributed by atoms with Crippen LogP contribution in [0.5, 0.6) is 5.75 Å². The highest BCUT2D eigenvalue weighted by Gasteiger charge is 2.28. The predicted molar refractivity (Wildman–Crippen MR) is 70.2 cm³/mol. The van der Waals surface area contributed by atoms with Gasteiger partial charge in [-0.3, -0.25) is 4.79 Å². The Balaban J connectivity index is 2.68. The lowest BCUT2D eigenvalue weighted by atomic mass is 10.2. The van der Waals surface area contributed by atoms with Gasteiger partial charge in [-0.25, -0.2) is 0 Å². The smallest absolute Gasteiger partial charge is 0.405 e. The second-order valence-electron chi connectivity index (χ2n) is 4.04. The molecule has 112 valence electrons. The molecule has 20 heavy (non-hydrogen) atoms. The van der Waals surface area contributed by atoms with Crippen LogP contribution in [0.4, 0.5) is 18.9 Å². The van der Waals surface area contributed by atoms with E-state index in [2.05, 4.69) is 5.32 Å². The molecule has 1 atom stereocenters. The Morgan fingerprint density at radius 2 is 2.10 bits per heavy atom. The highest BCUT2D eigenvalue weighted by atomic mass is 35.5. The summed E-state index contributed by atoms with van der Waals surface area (Å²) in [5.41, 5.74) is 0.426. The van der Waals surface area contributed by atoms with Crippen molar-refractivity contribution in [3.8, 4) is 5.75 Å². The second-order valence-corrected chi connectivity index (χ2v) is 4.48. The number of anilines is 1. The molecule has 0 aliphatic heterocycles. The summed E-state index contributed by atoms with van der Waals surface area (Å²) in [5.74, 6) is -0.339. The van der Waals surface area contributed by atoms with Crippen molar-refractivity contribution in [3.05, 3.63) is 23.2 Å². The monoisotopic (exact) mass is 310 g/mol. The Labute approximate surface area is 119 Å². The first-order chi connectivity index (χ1) is 9.23. The number of halogens is 4. The summed E-state index contributed by atoms with van der Waals surface area (Å²) in [7, 11) is 1.43. The number of amides is 1. The zero-order chi connectivity index (χ0) is 15.3. The highest BCUT2D eigenvalue weighted by Crippen LogP contribution is 2.28. The lowest BCUT2D eigenvalue weighted by Crippen LogP contribution is -2.42. The Morgan fingerprint density at radius 3 is 2.65 bits per heavy atom. The fraction of sp³-hybridized carbons (Fsp3) is 0.417. The van der Waals surface area contributed by atoms with E-state index in [1.807, 2.05) is 0 Å². The summed E-state index contributed by atoms with van der Waals surface area (Å²) >= 11 is 5.81. The van der Waals surface area contributed by atoms with Crippen LogP contribution in [0.3, 0.4) is 0 Å². The molecular formula is C12H14ClF3N2O2. The largest absolute Gasteiger partial charge is 0.495 e. The molecule has 1 rings (SSSR count). The average molecular weight is 311 g/mol. The van der Waals surface area contributed by atoms with Crippen molar-refractivity contribution in [1.29, 1.82) is 0 Å². The van der Waals surface area contributed by atoms with E-state index in [4.69, 9.17) is 16.3 Å². The van der Waals surface area contributed by atoms with Crippen molar-refractivity contribution in [3.63, 3.8) is 0 Å². The molecule has 0 aliphatic carbocycles. The Bertz CT molecular complexity index is 480. The number of nitrogens with one attached hydrogen (secondary N) is 2.